The van der Waals surface area contributed by atoms with Gasteiger partial charge in [0.2, 0.25) is 0 Å². The summed E-state index contributed by atoms with van der Waals surface area (Å²) in [7, 11) is 0. The molecule has 128 valence electrons. The molecule has 4 nitrogen and oxygen atoms in total. The van der Waals surface area contributed by atoms with E-state index in [1.165, 1.54) is 0 Å². The largest absolute Gasteiger partial charge is 0.423 e. The van der Waals surface area contributed by atoms with E-state index in [9.17, 15) is 9.59 Å². The minimum absolute atomic E-state index is 0.229. The predicted molar refractivity (Wildman–Crippen MR) is 99.3 cm³/mol. The van der Waals surface area contributed by atoms with Crippen LogP contribution in [0.15, 0.2) is 84.1 Å². The maximum absolute atomic E-state index is 12.9. The second-order valence-electron chi connectivity index (χ2n) is 5.37. The third-order valence-electron chi connectivity index (χ3n) is 3.96. The first kappa shape index (κ1) is 18.2. The Morgan fingerprint density at radius 3 is 2.32 bits per heavy atom. The predicted octanol–water partition coefficient (Wildman–Crippen LogP) is 3.90. The molecule has 1 atom stereocenters. The molecule has 25 heavy (non-hydrogen) atoms. The highest BCUT2D eigenvalue weighted by Crippen LogP contribution is 2.31. The van der Waals surface area contributed by atoms with Crippen LogP contribution in [-0.4, -0.2) is 18.3 Å². The molecule has 0 amide bonds. The third-order valence-corrected chi connectivity index (χ3v) is 3.96. The number of hydrogen-bond acceptors (Lipinski definition) is 4. The Hall–Kier alpha value is -3.14. The molecule has 1 N–H and O–H groups in total. The van der Waals surface area contributed by atoms with Gasteiger partial charge in [0.1, 0.15) is 12.0 Å². The second-order valence-corrected chi connectivity index (χ2v) is 5.37. The van der Waals surface area contributed by atoms with E-state index in [1.807, 2.05) is 26.0 Å². The Morgan fingerprint density at radius 1 is 1.16 bits per heavy atom. The van der Waals surface area contributed by atoms with Crippen LogP contribution < -0.4 is 10.1 Å². The van der Waals surface area contributed by atoms with Gasteiger partial charge in [0.25, 0.3) is 0 Å². The van der Waals surface area contributed by atoms with Crippen molar-refractivity contribution in [1.29, 1.82) is 0 Å². The standard InChI is InChI=1S/C21H21NO3/c1-5-16-18(7-3)22-19(8-4)17(6-2)20(16)21(24)25-15-11-9-14(13-23)10-12-15/h5-13,18,22H,1,3H2,2,4H3/b17-6+,19-8+. The number of nitrogens with one attached hydrogen (secondary N) is 1. The van der Waals surface area contributed by atoms with Crippen LogP contribution in [0.5, 0.6) is 5.75 Å². The van der Waals surface area contributed by atoms with Crippen molar-refractivity contribution >= 4 is 12.3 Å². The van der Waals surface area contributed by atoms with Crippen molar-refractivity contribution in [2.45, 2.75) is 19.9 Å². The van der Waals surface area contributed by atoms with Crippen LogP contribution in [-0.2, 0) is 4.79 Å². The Balaban J connectivity index is 2.46. The molecule has 0 bridgehead atoms. The topological polar surface area (TPSA) is 55.4 Å². The molecule has 0 radical (unpaired) electrons. The fraction of sp³-hybridized carbons (Fsp3) is 0.143. The molecule has 0 saturated carbocycles. The zero-order valence-electron chi connectivity index (χ0n) is 14.4. The van der Waals surface area contributed by atoms with Gasteiger partial charge in [-0.15, -0.1) is 6.58 Å². The van der Waals surface area contributed by atoms with Crippen molar-refractivity contribution in [2.75, 3.05) is 0 Å². The van der Waals surface area contributed by atoms with E-state index in [2.05, 4.69) is 18.5 Å². The first-order valence-corrected chi connectivity index (χ1v) is 7.96. The summed E-state index contributed by atoms with van der Waals surface area (Å²) in [5.74, 6) is -0.104. The van der Waals surface area contributed by atoms with Crippen molar-refractivity contribution in [2.24, 2.45) is 0 Å². The molecule has 0 saturated heterocycles. The number of carbonyl (C=O) groups is 2. The molecule has 0 spiro atoms. The minimum atomic E-state index is -0.477. The van der Waals surface area contributed by atoms with Gasteiger partial charge in [0, 0.05) is 16.8 Å². The first-order valence-electron chi connectivity index (χ1n) is 7.96. The maximum atomic E-state index is 12.9. The fourth-order valence-corrected chi connectivity index (χ4v) is 2.72. The highest BCUT2D eigenvalue weighted by molar-refractivity contribution is 5.98. The maximum Gasteiger partial charge on any atom is 0.344 e. The van der Waals surface area contributed by atoms with Crippen LogP contribution in [0.1, 0.15) is 24.2 Å². The van der Waals surface area contributed by atoms with Crippen LogP contribution in [0.3, 0.4) is 0 Å². The van der Waals surface area contributed by atoms with Crippen molar-refractivity contribution in [3.63, 3.8) is 0 Å². The number of carbonyl (C=O) groups excluding carboxylic acids is 2. The van der Waals surface area contributed by atoms with Gasteiger partial charge >= 0.3 is 5.97 Å². The summed E-state index contributed by atoms with van der Waals surface area (Å²) in [6, 6.07) is 6.15. The lowest BCUT2D eigenvalue weighted by atomic mass is 9.88. The molecular formula is C21H21NO3. The smallest absolute Gasteiger partial charge is 0.344 e. The van der Waals surface area contributed by atoms with Gasteiger partial charge in [-0.1, -0.05) is 30.9 Å². The van der Waals surface area contributed by atoms with Crippen LogP contribution >= 0.6 is 0 Å². The average molecular weight is 335 g/mol. The van der Waals surface area contributed by atoms with Gasteiger partial charge < -0.3 is 10.1 Å². The SMILES string of the molecule is C=CC1=C(C(=O)Oc2ccc(C=O)cc2)C(=C/C)/C(=C\C)NC1C=C. The Labute approximate surface area is 147 Å². The number of hydrogen-bond donors (Lipinski definition) is 1. The van der Waals surface area contributed by atoms with Crippen molar-refractivity contribution < 1.29 is 14.3 Å². The Kier molecular flexibility index (Phi) is 5.90. The molecule has 1 aliphatic heterocycles. The van der Waals surface area contributed by atoms with Gasteiger partial charge in [0.05, 0.1) is 11.6 Å². The van der Waals surface area contributed by atoms with E-state index in [-0.39, 0.29) is 6.04 Å². The molecule has 0 aromatic heterocycles. The van der Waals surface area contributed by atoms with Gasteiger partial charge in [-0.05, 0) is 43.7 Å². The summed E-state index contributed by atoms with van der Waals surface area (Å²) in [5, 5.41) is 3.32. The number of esters is 1. The summed E-state index contributed by atoms with van der Waals surface area (Å²) >= 11 is 0. The molecule has 4 heteroatoms. The molecule has 2 rings (SSSR count). The van der Waals surface area contributed by atoms with Gasteiger partial charge in [-0.3, -0.25) is 4.79 Å². The van der Waals surface area contributed by atoms with E-state index < -0.39 is 5.97 Å². The number of allylic oxidation sites excluding steroid dienone is 3. The molecule has 0 aliphatic carbocycles. The van der Waals surface area contributed by atoms with E-state index >= 15 is 0 Å². The molecule has 1 aromatic rings. The molecule has 1 aliphatic rings. The lowest BCUT2D eigenvalue weighted by Crippen LogP contribution is -2.36. The molecule has 0 fully saturated rings. The Bertz CT molecular complexity index is 795. The lowest BCUT2D eigenvalue weighted by molar-refractivity contribution is -0.130. The quantitative estimate of drug-likeness (QED) is 0.384. The summed E-state index contributed by atoms with van der Waals surface area (Å²) in [5.41, 5.74) is 3.27. The minimum Gasteiger partial charge on any atom is -0.423 e. The van der Waals surface area contributed by atoms with E-state index in [0.717, 1.165) is 17.6 Å². The van der Waals surface area contributed by atoms with Crippen LogP contribution in [0.25, 0.3) is 0 Å². The van der Waals surface area contributed by atoms with Crippen molar-refractivity contribution in [3.05, 3.63) is 89.7 Å². The van der Waals surface area contributed by atoms with Gasteiger partial charge in [0.15, 0.2) is 0 Å². The molecule has 1 unspecified atom stereocenters. The fourth-order valence-electron chi connectivity index (χ4n) is 2.72. The normalized spacial score (nSPS) is 20.2. The highest BCUT2D eigenvalue weighted by Gasteiger charge is 2.30. The van der Waals surface area contributed by atoms with Crippen molar-refractivity contribution in [1.82, 2.24) is 5.32 Å². The molecule has 1 aromatic carbocycles. The first-order chi connectivity index (χ1) is 12.1. The number of aldehydes is 1. The monoisotopic (exact) mass is 335 g/mol. The van der Waals surface area contributed by atoms with Gasteiger partial charge in [-0.2, -0.15) is 0 Å². The summed E-state index contributed by atoms with van der Waals surface area (Å²) in [6.07, 6.45) is 7.86. The third kappa shape index (κ3) is 3.69. The van der Waals surface area contributed by atoms with E-state index in [0.29, 0.717) is 22.5 Å². The highest BCUT2D eigenvalue weighted by atomic mass is 16.5. The molecular weight excluding hydrogens is 314 g/mol. The summed E-state index contributed by atoms with van der Waals surface area (Å²) in [6.45, 7) is 11.4. The van der Waals surface area contributed by atoms with Crippen LogP contribution in [0, 0.1) is 0 Å². The van der Waals surface area contributed by atoms with Crippen LogP contribution in [0.4, 0.5) is 0 Å². The van der Waals surface area contributed by atoms with Crippen LogP contribution in [0.2, 0.25) is 0 Å². The number of rotatable bonds is 5. The van der Waals surface area contributed by atoms with Gasteiger partial charge in [-0.25, -0.2) is 4.79 Å². The second kappa shape index (κ2) is 8.11. The zero-order chi connectivity index (χ0) is 18.4. The lowest BCUT2D eigenvalue weighted by Gasteiger charge is -2.30. The number of benzene rings is 1. The number of ether oxygens (including phenoxy) is 1. The summed E-state index contributed by atoms with van der Waals surface area (Å²) in [4.78, 5) is 23.6. The molecule has 1 heterocycles. The average Bonchev–Trinajstić information content (AvgIpc) is 2.66. The Morgan fingerprint density at radius 2 is 1.84 bits per heavy atom. The zero-order valence-corrected chi connectivity index (χ0v) is 14.4. The van der Waals surface area contributed by atoms with E-state index in [4.69, 9.17) is 4.74 Å². The summed E-state index contributed by atoms with van der Waals surface area (Å²) < 4.78 is 5.51. The van der Waals surface area contributed by atoms with Crippen molar-refractivity contribution in [3.8, 4) is 5.75 Å². The van der Waals surface area contributed by atoms with E-state index in [1.54, 1.807) is 36.4 Å².